The number of ether oxygens (including phenoxy) is 1. The molecule has 0 aliphatic rings. The average molecular weight is 253 g/mol. The molecule has 3 N–H and O–H groups in total. The first-order chi connectivity index (χ1) is 8.38. The van der Waals surface area contributed by atoms with Gasteiger partial charge in [0.2, 0.25) is 5.91 Å². The SMILES string of the molecule is CC(C)Oc1cc(NCC(N)=O)cc([N+](=O)[O-])c1. The highest BCUT2D eigenvalue weighted by Crippen LogP contribution is 2.26. The second kappa shape index (κ2) is 5.85. The van der Waals surface area contributed by atoms with Crippen LogP contribution in [0.25, 0.3) is 0 Å². The van der Waals surface area contributed by atoms with Crippen molar-refractivity contribution in [1.29, 1.82) is 0 Å². The van der Waals surface area contributed by atoms with E-state index in [1.807, 2.05) is 13.8 Å². The summed E-state index contributed by atoms with van der Waals surface area (Å²) in [6.45, 7) is 3.53. The summed E-state index contributed by atoms with van der Waals surface area (Å²) in [4.78, 5) is 20.9. The molecule has 7 heteroatoms. The van der Waals surface area contributed by atoms with Crippen LogP contribution in [0.1, 0.15) is 13.8 Å². The number of anilines is 1. The Morgan fingerprint density at radius 1 is 1.50 bits per heavy atom. The van der Waals surface area contributed by atoms with E-state index in [1.54, 1.807) is 6.07 Å². The van der Waals surface area contributed by atoms with Gasteiger partial charge in [-0.1, -0.05) is 0 Å². The lowest BCUT2D eigenvalue weighted by Gasteiger charge is -2.11. The highest BCUT2D eigenvalue weighted by atomic mass is 16.6. The predicted octanol–water partition coefficient (Wildman–Crippen LogP) is 1.28. The number of nitrogens with zero attached hydrogens (tertiary/aromatic N) is 1. The van der Waals surface area contributed by atoms with Gasteiger partial charge in [0, 0.05) is 17.8 Å². The molecule has 1 aromatic carbocycles. The Kier molecular flexibility index (Phi) is 4.47. The van der Waals surface area contributed by atoms with Gasteiger partial charge in [-0.15, -0.1) is 0 Å². The zero-order valence-corrected chi connectivity index (χ0v) is 10.2. The maximum atomic E-state index is 10.8. The summed E-state index contributed by atoms with van der Waals surface area (Å²) in [5, 5.41) is 13.5. The van der Waals surface area contributed by atoms with Crippen molar-refractivity contribution in [1.82, 2.24) is 0 Å². The monoisotopic (exact) mass is 253 g/mol. The van der Waals surface area contributed by atoms with Gasteiger partial charge in [-0.25, -0.2) is 0 Å². The van der Waals surface area contributed by atoms with Crippen molar-refractivity contribution in [3.63, 3.8) is 0 Å². The Morgan fingerprint density at radius 2 is 2.17 bits per heavy atom. The van der Waals surface area contributed by atoms with Crippen LogP contribution < -0.4 is 15.8 Å². The Bertz CT molecular complexity index is 460. The molecule has 1 rings (SSSR count). The molecule has 0 radical (unpaired) electrons. The second-order valence-corrected chi connectivity index (χ2v) is 3.96. The van der Waals surface area contributed by atoms with E-state index >= 15 is 0 Å². The summed E-state index contributed by atoms with van der Waals surface area (Å²) in [7, 11) is 0. The average Bonchev–Trinajstić information content (AvgIpc) is 2.25. The third kappa shape index (κ3) is 4.28. The summed E-state index contributed by atoms with van der Waals surface area (Å²) >= 11 is 0. The number of nitro groups is 1. The number of rotatable bonds is 6. The molecule has 0 aromatic heterocycles. The van der Waals surface area contributed by atoms with Crippen LogP contribution in [0, 0.1) is 10.1 Å². The molecule has 0 bridgehead atoms. The van der Waals surface area contributed by atoms with E-state index in [-0.39, 0.29) is 18.3 Å². The number of primary amides is 1. The molecule has 0 saturated carbocycles. The number of non-ortho nitro benzene ring substituents is 1. The molecule has 0 heterocycles. The maximum absolute atomic E-state index is 10.8. The topological polar surface area (TPSA) is 107 Å². The van der Waals surface area contributed by atoms with Crippen LogP contribution in [-0.2, 0) is 4.79 Å². The first-order valence-electron chi connectivity index (χ1n) is 5.37. The van der Waals surface area contributed by atoms with E-state index in [2.05, 4.69) is 5.32 Å². The van der Waals surface area contributed by atoms with Gasteiger partial charge in [-0.05, 0) is 13.8 Å². The van der Waals surface area contributed by atoms with Crippen LogP contribution in [-0.4, -0.2) is 23.5 Å². The standard InChI is InChI=1S/C11H15N3O4/c1-7(2)18-10-4-8(13-6-11(12)15)3-9(5-10)14(16)17/h3-5,7,13H,6H2,1-2H3,(H2,12,15). The first-order valence-corrected chi connectivity index (χ1v) is 5.37. The minimum absolute atomic E-state index is 0.0950. The molecule has 98 valence electrons. The van der Waals surface area contributed by atoms with Crippen molar-refractivity contribution in [3.05, 3.63) is 28.3 Å². The first kappa shape index (κ1) is 13.8. The fourth-order valence-electron chi connectivity index (χ4n) is 1.32. The molecular weight excluding hydrogens is 238 g/mol. The molecule has 1 amide bonds. The maximum Gasteiger partial charge on any atom is 0.275 e. The van der Waals surface area contributed by atoms with Gasteiger partial charge in [0.1, 0.15) is 5.75 Å². The lowest BCUT2D eigenvalue weighted by molar-refractivity contribution is -0.384. The quantitative estimate of drug-likeness (QED) is 0.586. The van der Waals surface area contributed by atoms with E-state index in [1.165, 1.54) is 12.1 Å². The Morgan fingerprint density at radius 3 is 2.67 bits per heavy atom. The number of nitro benzene ring substituents is 1. The second-order valence-electron chi connectivity index (χ2n) is 3.96. The van der Waals surface area contributed by atoms with Gasteiger partial charge in [0.15, 0.2) is 0 Å². The summed E-state index contributed by atoms with van der Waals surface area (Å²) in [6, 6.07) is 4.22. The summed E-state index contributed by atoms with van der Waals surface area (Å²) in [5.41, 5.74) is 5.29. The Labute approximate surface area is 104 Å². The number of hydrogen-bond donors (Lipinski definition) is 2. The smallest absolute Gasteiger partial charge is 0.275 e. The molecule has 0 aliphatic carbocycles. The fraction of sp³-hybridized carbons (Fsp3) is 0.364. The van der Waals surface area contributed by atoms with Gasteiger partial charge >= 0.3 is 0 Å². The number of carbonyl (C=O) groups excluding carboxylic acids is 1. The summed E-state index contributed by atoms with van der Waals surface area (Å²) < 4.78 is 5.39. The molecule has 18 heavy (non-hydrogen) atoms. The van der Waals surface area contributed by atoms with Crippen molar-refractivity contribution in [3.8, 4) is 5.75 Å². The predicted molar refractivity (Wildman–Crippen MR) is 66.5 cm³/mol. The van der Waals surface area contributed by atoms with E-state index in [0.29, 0.717) is 11.4 Å². The number of benzene rings is 1. The summed E-state index contributed by atoms with van der Waals surface area (Å²) in [6.07, 6.45) is -0.101. The van der Waals surface area contributed by atoms with Gasteiger partial charge in [-0.3, -0.25) is 14.9 Å². The number of nitrogens with two attached hydrogens (primary N) is 1. The van der Waals surface area contributed by atoms with Crippen LogP contribution in [0.15, 0.2) is 18.2 Å². The molecule has 7 nitrogen and oxygen atoms in total. The van der Waals surface area contributed by atoms with Crippen molar-refractivity contribution >= 4 is 17.3 Å². The lowest BCUT2D eigenvalue weighted by Crippen LogP contribution is -2.21. The van der Waals surface area contributed by atoms with Gasteiger partial charge in [0.05, 0.1) is 23.6 Å². The minimum Gasteiger partial charge on any atom is -0.491 e. The molecule has 0 aliphatic heterocycles. The van der Waals surface area contributed by atoms with Crippen molar-refractivity contribution < 1.29 is 14.5 Å². The van der Waals surface area contributed by atoms with E-state index < -0.39 is 10.8 Å². The molecule has 1 aromatic rings. The molecule has 0 atom stereocenters. The number of nitrogens with one attached hydrogen (secondary N) is 1. The third-order valence-electron chi connectivity index (χ3n) is 1.94. The van der Waals surface area contributed by atoms with Crippen LogP contribution in [0.5, 0.6) is 5.75 Å². The molecular formula is C11H15N3O4. The summed E-state index contributed by atoms with van der Waals surface area (Å²) in [5.74, 6) is -0.181. The van der Waals surface area contributed by atoms with Crippen LogP contribution >= 0.6 is 0 Å². The van der Waals surface area contributed by atoms with Crippen LogP contribution in [0.4, 0.5) is 11.4 Å². The number of amides is 1. The zero-order chi connectivity index (χ0) is 13.7. The normalized spacial score (nSPS) is 10.2. The fourth-order valence-corrected chi connectivity index (χ4v) is 1.32. The van der Waals surface area contributed by atoms with Crippen molar-refractivity contribution in [2.24, 2.45) is 5.73 Å². The van der Waals surface area contributed by atoms with Crippen LogP contribution in [0.3, 0.4) is 0 Å². The Balaban J connectivity index is 2.97. The zero-order valence-electron chi connectivity index (χ0n) is 10.2. The van der Waals surface area contributed by atoms with Gasteiger partial charge < -0.3 is 15.8 Å². The largest absolute Gasteiger partial charge is 0.491 e. The van der Waals surface area contributed by atoms with Crippen molar-refractivity contribution in [2.75, 3.05) is 11.9 Å². The number of carbonyl (C=O) groups is 1. The van der Waals surface area contributed by atoms with E-state index in [4.69, 9.17) is 10.5 Å². The Hall–Kier alpha value is -2.31. The molecule has 0 spiro atoms. The number of hydrogen-bond acceptors (Lipinski definition) is 5. The highest BCUT2D eigenvalue weighted by Gasteiger charge is 2.11. The minimum atomic E-state index is -0.548. The van der Waals surface area contributed by atoms with Gasteiger partial charge in [-0.2, -0.15) is 0 Å². The highest BCUT2D eigenvalue weighted by molar-refractivity contribution is 5.79. The van der Waals surface area contributed by atoms with Crippen molar-refractivity contribution in [2.45, 2.75) is 20.0 Å². The van der Waals surface area contributed by atoms with E-state index in [9.17, 15) is 14.9 Å². The molecule has 0 unspecified atom stereocenters. The molecule has 0 fully saturated rings. The molecule has 0 saturated heterocycles. The van der Waals surface area contributed by atoms with Gasteiger partial charge in [0.25, 0.3) is 5.69 Å². The van der Waals surface area contributed by atoms with Crippen LogP contribution in [0.2, 0.25) is 0 Å². The lowest BCUT2D eigenvalue weighted by atomic mass is 10.2. The third-order valence-corrected chi connectivity index (χ3v) is 1.94. The van der Waals surface area contributed by atoms with E-state index in [0.717, 1.165) is 0 Å².